The van der Waals surface area contributed by atoms with Gasteiger partial charge in [-0.15, -0.1) is 11.3 Å². The van der Waals surface area contributed by atoms with Crippen molar-refractivity contribution in [2.24, 2.45) is 5.73 Å². The monoisotopic (exact) mass is 483 g/mol. The van der Waals surface area contributed by atoms with Gasteiger partial charge in [-0.05, 0) is 36.8 Å². The summed E-state index contributed by atoms with van der Waals surface area (Å²) in [5.41, 5.74) is 8.25. The molecule has 8 nitrogen and oxygen atoms in total. The molecule has 34 heavy (non-hydrogen) atoms. The number of anilines is 1. The lowest BCUT2D eigenvalue weighted by Crippen LogP contribution is -2.49. The molecule has 0 spiro atoms. The summed E-state index contributed by atoms with van der Waals surface area (Å²) in [5.74, 6) is -0.525. The van der Waals surface area contributed by atoms with Crippen LogP contribution in [0.1, 0.15) is 45.6 Å². The molecule has 1 fully saturated rings. The second kappa shape index (κ2) is 11.6. The van der Waals surface area contributed by atoms with Crippen molar-refractivity contribution in [2.45, 2.75) is 38.6 Å². The van der Waals surface area contributed by atoms with Crippen LogP contribution in [0.2, 0.25) is 0 Å². The molecule has 182 valence electrons. The number of rotatable bonds is 9. The van der Waals surface area contributed by atoms with Gasteiger partial charge in [0.05, 0.1) is 12.1 Å². The fourth-order valence-electron chi connectivity index (χ4n) is 4.59. The van der Waals surface area contributed by atoms with E-state index in [1.54, 1.807) is 0 Å². The Morgan fingerprint density at radius 2 is 1.65 bits per heavy atom. The van der Waals surface area contributed by atoms with Crippen molar-refractivity contribution in [3.8, 4) is 0 Å². The minimum Gasteiger partial charge on any atom is -0.365 e. The van der Waals surface area contributed by atoms with Crippen molar-refractivity contribution >= 4 is 34.1 Å². The van der Waals surface area contributed by atoms with Gasteiger partial charge < -0.3 is 21.3 Å². The van der Waals surface area contributed by atoms with Crippen LogP contribution in [0.5, 0.6) is 0 Å². The molecule has 1 aromatic heterocycles. The van der Waals surface area contributed by atoms with E-state index in [1.807, 2.05) is 30.3 Å². The van der Waals surface area contributed by atoms with Gasteiger partial charge in [0, 0.05) is 50.6 Å². The van der Waals surface area contributed by atoms with Crippen LogP contribution >= 0.6 is 11.3 Å². The molecule has 3 amide bonds. The number of primary amides is 1. The van der Waals surface area contributed by atoms with Crippen molar-refractivity contribution in [2.75, 3.05) is 44.6 Å². The lowest BCUT2D eigenvalue weighted by molar-refractivity contribution is -0.122. The molecule has 2 heterocycles. The Kier molecular flexibility index (Phi) is 8.31. The molecule has 1 aliphatic heterocycles. The molecule has 2 aliphatic rings. The van der Waals surface area contributed by atoms with Crippen molar-refractivity contribution in [3.63, 3.8) is 0 Å². The SMILES string of the molecule is NC(=O)c1c(NC(=O)CCN2CCN(CC(=O)NCc3ccccc3)CC2)sc2c1CCCC2. The van der Waals surface area contributed by atoms with Crippen molar-refractivity contribution < 1.29 is 14.4 Å². The highest BCUT2D eigenvalue weighted by Crippen LogP contribution is 2.37. The first-order valence-electron chi connectivity index (χ1n) is 12.0. The second-order valence-corrected chi connectivity index (χ2v) is 10.1. The molecule has 1 aromatic carbocycles. The molecule has 0 radical (unpaired) electrons. The number of hydrogen-bond donors (Lipinski definition) is 3. The van der Waals surface area contributed by atoms with Crippen molar-refractivity contribution in [3.05, 3.63) is 51.9 Å². The second-order valence-electron chi connectivity index (χ2n) is 8.96. The average Bonchev–Trinajstić information content (AvgIpc) is 3.21. The van der Waals surface area contributed by atoms with Crippen LogP contribution in [0.4, 0.5) is 5.00 Å². The minimum atomic E-state index is -0.460. The summed E-state index contributed by atoms with van der Waals surface area (Å²) in [6.45, 7) is 4.81. The zero-order chi connectivity index (χ0) is 23.9. The number of benzene rings is 1. The molecular formula is C25H33N5O3S. The molecule has 0 unspecified atom stereocenters. The molecule has 0 bridgehead atoms. The summed E-state index contributed by atoms with van der Waals surface area (Å²) in [6, 6.07) is 9.88. The molecule has 9 heteroatoms. The van der Waals surface area contributed by atoms with Gasteiger partial charge in [0.15, 0.2) is 0 Å². The number of amides is 3. The fraction of sp³-hybridized carbons (Fsp3) is 0.480. The quantitative estimate of drug-likeness (QED) is 0.506. The predicted octanol–water partition coefficient (Wildman–Crippen LogP) is 1.99. The Hall–Kier alpha value is -2.75. The Bertz CT molecular complexity index is 1020. The maximum Gasteiger partial charge on any atom is 0.251 e. The summed E-state index contributed by atoms with van der Waals surface area (Å²) in [7, 11) is 0. The highest BCUT2D eigenvalue weighted by Gasteiger charge is 2.25. The Labute approximate surface area is 204 Å². The van der Waals surface area contributed by atoms with Crippen LogP contribution in [-0.4, -0.2) is 66.8 Å². The molecule has 1 aliphatic carbocycles. The number of carbonyl (C=O) groups excluding carboxylic acids is 3. The standard InChI is InChI=1S/C25H33N5O3S/c26-24(33)23-19-8-4-5-9-20(19)34-25(23)28-21(31)10-11-29-12-14-30(15-13-29)17-22(32)27-16-18-6-2-1-3-7-18/h1-3,6-7H,4-5,8-17H2,(H2,26,33)(H,27,32)(H,28,31). The number of nitrogens with zero attached hydrogens (tertiary/aromatic N) is 2. The van der Waals surface area contributed by atoms with Gasteiger partial charge >= 0.3 is 0 Å². The average molecular weight is 484 g/mol. The third-order valence-electron chi connectivity index (χ3n) is 6.49. The molecule has 1 saturated heterocycles. The van der Waals surface area contributed by atoms with E-state index in [0.717, 1.165) is 63.0 Å². The first kappa shape index (κ1) is 24.4. The highest BCUT2D eigenvalue weighted by molar-refractivity contribution is 7.17. The first-order valence-corrected chi connectivity index (χ1v) is 12.8. The third kappa shape index (κ3) is 6.43. The van der Waals surface area contributed by atoms with E-state index >= 15 is 0 Å². The summed E-state index contributed by atoms with van der Waals surface area (Å²) < 4.78 is 0. The fourth-order valence-corrected chi connectivity index (χ4v) is 5.90. The van der Waals surface area contributed by atoms with Gasteiger partial charge in [-0.1, -0.05) is 30.3 Å². The topological polar surface area (TPSA) is 108 Å². The minimum absolute atomic E-state index is 0.0283. The molecule has 2 aromatic rings. The van der Waals surface area contributed by atoms with Gasteiger partial charge in [-0.3, -0.25) is 19.3 Å². The molecule has 4 rings (SSSR count). The van der Waals surface area contributed by atoms with Crippen LogP contribution in [0, 0.1) is 0 Å². The van der Waals surface area contributed by atoms with E-state index in [-0.39, 0.29) is 11.8 Å². The summed E-state index contributed by atoms with van der Waals surface area (Å²) in [5, 5.41) is 6.52. The molecule has 0 saturated carbocycles. The van der Waals surface area contributed by atoms with Crippen molar-refractivity contribution in [1.29, 1.82) is 0 Å². The van der Waals surface area contributed by atoms with E-state index in [2.05, 4.69) is 20.4 Å². The van der Waals surface area contributed by atoms with E-state index in [1.165, 1.54) is 16.2 Å². The zero-order valence-corrected chi connectivity index (χ0v) is 20.3. The summed E-state index contributed by atoms with van der Waals surface area (Å²) in [6.07, 6.45) is 4.33. The number of thiophene rings is 1. The highest BCUT2D eigenvalue weighted by atomic mass is 32.1. The van der Waals surface area contributed by atoms with Gasteiger partial charge in [-0.25, -0.2) is 0 Å². The van der Waals surface area contributed by atoms with E-state index in [4.69, 9.17) is 5.73 Å². The molecule has 0 atom stereocenters. The number of nitrogens with two attached hydrogens (primary N) is 1. The third-order valence-corrected chi connectivity index (χ3v) is 7.70. The number of carbonyl (C=O) groups is 3. The van der Waals surface area contributed by atoms with E-state index in [9.17, 15) is 14.4 Å². The molecule has 4 N–H and O–H groups in total. The van der Waals surface area contributed by atoms with Gasteiger partial charge in [0.1, 0.15) is 5.00 Å². The molecular weight excluding hydrogens is 450 g/mol. The van der Waals surface area contributed by atoms with Crippen LogP contribution < -0.4 is 16.4 Å². The first-order chi connectivity index (χ1) is 16.5. The van der Waals surface area contributed by atoms with E-state index < -0.39 is 5.91 Å². The van der Waals surface area contributed by atoms with Crippen molar-refractivity contribution in [1.82, 2.24) is 15.1 Å². The summed E-state index contributed by atoms with van der Waals surface area (Å²) >= 11 is 1.50. The zero-order valence-electron chi connectivity index (χ0n) is 19.5. The normalized spacial score (nSPS) is 16.6. The largest absolute Gasteiger partial charge is 0.365 e. The van der Waals surface area contributed by atoms with Gasteiger partial charge in [-0.2, -0.15) is 0 Å². The van der Waals surface area contributed by atoms with Gasteiger partial charge in [0.2, 0.25) is 11.8 Å². The Morgan fingerprint density at radius 1 is 0.941 bits per heavy atom. The van der Waals surface area contributed by atoms with Crippen LogP contribution in [0.25, 0.3) is 0 Å². The van der Waals surface area contributed by atoms with Crippen LogP contribution in [0.3, 0.4) is 0 Å². The Morgan fingerprint density at radius 3 is 2.38 bits per heavy atom. The lowest BCUT2D eigenvalue weighted by Gasteiger charge is -2.34. The summed E-state index contributed by atoms with van der Waals surface area (Å²) in [4.78, 5) is 42.4. The number of hydrogen-bond acceptors (Lipinski definition) is 6. The predicted molar refractivity (Wildman–Crippen MR) is 134 cm³/mol. The maximum atomic E-state index is 12.6. The van der Waals surface area contributed by atoms with Gasteiger partial charge in [0.25, 0.3) is 5.91 Å². The Balaban J connectivity index is 1.17. The maximum absolute atomic E-state index is 12.6. The number of aryl methyl sites for hydroxylation is 1. The number of piperazine rings is 1. The van der Waals surface area contributed by atoms with Crippen LogP contribution in [-0.2, 0) is 29.0 Å². The van der Waals surface area contributed by atoms with E-state index in [0.29, 0.717) is 36.6 Å². The lowest BCUT2D eigenvalue weighted by atomic mass is 9.95. The van der Waals surface area contributed by atoms with Crippen LogP contribution in [0.15, 0.2) is 30.3 Å². The number of fused-ring (bicyclic) bond motifs is 1. The smallest absolute Gasteiger partial charge is 0.251 e. The number of nitrogens with one attached hydrogen (secondary N) is 2.